The average molecular weight is 294 g/mol. The lowest BCUT2D eigenvalue weighted by Crippen LogP contribution is -2.00. The number of carbonyl (C=O) groups is 1. The van der Waals surface area contributed by atoms with Crippen LogP contribution in [0.2, 0.25) is 0 Å². The molecule has 0 aliphatic heterocycles. The van der Waals surface area contributed by atoms with Gasteiger partial charge in [0, 0.05) is 0 Å². The first-order valence-electron chi connectivity index (χ1n) is 7.65. The first-order valence-corrected chi connectivity index (χ1v) is 7.65. The summed E-state index contributed by atoms with van der Waals surface area (Å²) in [4.78, 5) is 11.6. The first kappa shape index (κ1) is 16.0. The van der Waals surface area contributed by atoms with Gasteiger partial charge in [-0.05, 0) is 40.7 Å². The predicted molar refractivity (Wildman–Crippen MR) is 91.9 cm³/mol. The summed E-state index contributed by atoms with van der Waals surface area (Å²) in [7, 11) is 0. The molecule has 0 saturated carbocycles. The molecule has 0 unspecified atom stereocenters. The third kappa shape index (κ3) is 3.85. The van der Waals surface area contributed by atoms with Crippen LogP contribution in [0.1, 0.15) is 48.9 Å². The van der Waals surface area contributed by atoms with Crippen molar-refractivity contribution < 1.29 is 9.90 Å². The summed E-state index contributed by atoms with van der Waals surface area (Å²) in [6, 6.07) is 15.8. The van der Waals surface area contributed by atoms with Crippen molar-refractivity contribution in [1.29, 1.82) is 0 Å². The smallest absolute Gasteiger partial charge is 0.336 e. The van der Waals surface area contributed by atoms with E-state index in [1.165, 1.54) is 11.1 Å². The molecule has 0 fully saturated rings. The maximum Gasteiger partial charge on any atom is 0.336 e. The molecule has 22 heavy (non-hydrogen) atoms. The summed E-state index contributed by atoms with van der Waals surface area (Å²) in [6.45, 7) is 6.37. The molecule has 0 amide bonds. The molecule has 0 saturated heterocycles. The second kappa shape index (κ2) is 7.08. The summed E-state index contributed by atoms with van der Waals surface area (Å²) < 4.78 is 0. The zero-order valence-corrected chi connectivity index (χ0v) is 13.3. The van der Waals surface area contributed by atoms with Gasteiger partial charge in [-0.15, -0.1) is 0 Å². The first-order chi connectivity index (χ1) is 10.5. The maximum atomic E-state index is 11.6. The fraction of sp³-hybridized carbons (Fsp3) is 0.250. The van der Waals surface area contributed by atoms with E-state index in [0.717, 1.165) is 17.5 Å². The minimum atomic E-state index is -0.905. The average Bonchev–Trinajstić information content (AvgIpc) is 2.53. The highest BCUT2D eigenvalue weighted by Crippen LogP contribution is 2.21. The highest BCUT2D eigenvalue weighted by atomic mass is 16.4. The molecule has 2 aromatic rings. The molecule has 0 aliphatic rings. The molecule has 0 aromatic heterocycles. The summed E-state index contributed by atoms with van der Waals surface area (Å²) in [5.74, 6) is -0.434. The summed E-state index contributed by atoms with van der Waals surface area (Å²) in [6.07, 6.45) is 2.68. The third-order valence-electron chi connectivity index (χ3n) is 3.82. The van der Waals surface area contributed by atoms with Gasteiger partial charge in [0.15, 0.2) is 0 Å². The Balaban J connectivity index is 2.35. The van der Waals surface area contributed by atoms with E-state index in [4.69, 9.17) is 0 Å². The Kier molecular flexibility index (Phi) is 5.16. The van der Waals surface area contributed by atoms with Crippen LogP contribution in [-0.4, -0.2) is 11.1 Å². The monoisotopic (exact) mass is 294 g/mol. The maximum absolute atomic E-state index is 11.6. The molecule has 2 aromatic carbocycles. The molecular formula is C20H22O2. The van der Waals surface area contributed by atoms with Gasteiger partial charge in [0.25, 0.3) is 0 Å². The molecule has 0 bridgehead atoms. The van der Waals surface area contributed by atoms with Gasteiger partial charge >= 0.3 is 5.97 Å². The standard InChI is InChI=1S/C20H22O2/c1-4-15-5-11-18(12-6-15)19(20(21)22)13-16-7-9-17(10-8-16)14(2)3/h5-14H,4H2,1-3H3,(H,21,22)/b19-13-. The summed E-state index contributed by atoms with van der Waals surface area (Å²) in [5.41, 5.74) is 4.41. The number of carboxylic acid groups (broad SMARTS) is 1. The number of aryl methyl sites for hydroxylation is 1. The van der Waals surface area contributed by atoms with E-state index in [2.05, 4.69) is 32.9 Å². The number of hydrogen-bond acceptors (Lipinski definition) is 1. The number of benzene rings is 2. The number of aliphatic carboxylic acids is 1. The lowest BCUT2D eigenvalue weighted by Gasteiger charge is -2.07. The van der Waals surface area contributed by atoms with Crippen molar-refractivity contribution in [2.24, 2.45) is 0 Å². The van der Waals surface area contributed by atoms with Crippen LogP contribution >= 0.6 is 0 Å². The normalized spacial score (nSPS) is 11.7. The fourth-order valence-corrected chi connectivity index (χ4v) is 2.33. The molecule has 0 heterocycles. The van der Waals surface area contributed by atoms with Crippen LogP contribution in [0, 0.1) is 0 Å². The van der Waals surface area contributed by atoms with Crippen molar-refractivity contribution in [3.8, 4) is 0 Å². The van der Waals surface area contributed by atoms with Gasteiger partial charge in [-0.25, -0.2) is 4.79 Å². The van der Waals surface area contributed by atoms with E-state index in [1.807, 2.05) is 36.4 Å². The van der Waals surface area contributed by atoms with Crippen LogP contribution in [0.4, 0.5) is 0 Å². The van der Waals surface area contributed by atoms with Crippen molar-refractivity contribution >= 4 is 17.6 Å². The Morgan fingerprint density at radius 1 is 1.05 bits per heavy atom. The van der Waals surface area contributed by atoms with Crippen LogP contribution in [0.5, 0.6) is 0 Å². The number of rotatable bonds is 5. The molecule has 2 heteroatoms. The van der Waals surface area contributed by atoms with E-state index >= 15 is 0 Å². The van der Waals surface area contributed by atoms with E-state index < -0.39 is 5.97 Å². The minimum absolute atomic E-state index is 0.319. The van der Waals surface area contributed by atoms with E-state index in [9.17, 15) is 9.90 Å². The second-order valence-electron chi connectivity index (χ2n) is 5.74. The third-order valence-corrected chi connectivity index (χ3v) is 3.82. The van der Waals surface area contributed by atoms with Gasteiger partial charge in [0.1, 0.15) is 0 Å². The second-order valence-corrected chi connectivity index (χ2v) is 5.74. The lowest BCUT2D eigenvalue weighted by molar-refractivity contribution is -0.130. The zero-order chi connectivity index (χ0) is 16.1. The quantitative estimate of drug-likeness (QED) is 0.622. The van der Waals surface area contributed by atoms with Crippen LogP contribution in [-0.2, 0) is 11.2 Å². The zero-order valence-electron chi connectivity index (χ0n) is 13.3. The van der Waals surface area contributed by atoms with Crippen molar-refractivity contribution in [3.05, 3.63) is 70.8 Å². The Bertz CT molecular complexity index is 662. The van der Waals surface area contributed by atoms with Crippen LogP contribution in [0.15, 0.2) is 48.5 Å². The molecule has 2 rings (SSSR count). The predicted octanol–water partition coefficient (Wildman–Crippen LogP) is 5.00. The van der Waals surface area contributed by atoms with Gasteiger partial charge in [-0.2, -0.15) is 0 Å². The van der Waals surface area contributed by atoms with Crippen molar-refractivity contribution in [1.82, 2.24) is 0 Å². The van der Waals surface area contributed by atoms with Gasteiger partial charge in [0.05, 0.1) is 5.57 Å². The van der Waals surface area contributed by atoms with Crippen LogP contribution in [0.25, 0.3) is 11.6 Å². The van der Waals surface area contributed by atoms with Gasteiger partial charge in [0.2, 0.25) is 0 Å². The molecule has 114 valence electrons. The minimum Gasteiger partial charge on any atom is -0.478 e. The molecule has 0 aliphatic carbocycles. The topological polar surface area (TPSA) is 37.3 Å². The molecule has 1 N–H and O–H groups in total. The highest BCUT2D eigenvalue weighted by molar-refractivity contribution is 6.20. The van der Waals surface area contributed by atoms with Crippen molar-refractivity contribution in [2.75, 3.05) is 0 Å². The fourth-order valence-electron chi connectivity index (χ4n) is 2.33. The van der Waals surface area contributed by atoms with Gasteiger partial charge in [-0.3, -0.25) is 0 Å². The molecule has 0 atom stereocenters. The Morgan fingerprint density at radius 3 is 2.09 bits per heavy atom. The lowest BCUT2D eigenvalue weighted by atomic mass is 9.98. The SMILES string of the molecule is CCc1ccc(/C(=C/c2ccc(C(C)C)cc2)C(=O)O)cc1. The number of hydrogen-bond donors (Lipinski definition) is 1. The Hall–Kier alpha value is -2.35. The molecule has 2 nitrogen and oxygen atoms in total. The molecule has 0 spiro atoms. The largest absolute Gasteiger partial charge is 0.478 e. The van der Waals surface area contributed by atoms with E-state index in [0.29, 0.717) is 11.5 Å². The van der Waals surface area contributed by atoms with Crippen molar-refractivity contribution in [2.45, 2.75) is 33.1 Å². The van der Waals surface area contributed by atoms with Crippen LogP contribution < -0.4 is 0 Å². The highest BCUT2D eigenvalue weighted by Gasteiger charge is 2.10. The van der Waals surface area contributed by atoms with Gasteiger partial charge < -0.3 is 5.11 Å². The van der Waals surface area contributed by atoms with E-state index in [1.54, 1.807) is 6.08 Å². The Morgan fingerprint density at radius 2 is 1.64 bits per heavy atom. The number of carboxylic acids is 1. The molecular weight excluding hydrogens is 272 g/mol. The van der Waals surface area contributed by atoms with E-state index in [-0.39, 0.29) is 0 Å². The molecule has 0 radical (unpaired) electrons. The summed E-state index contributed by atoms with van der Waals surface area (Å²) >= 11 is 0. The van der Waals surface area contributed by atoms with Gasteiger partial charge in [-0.1, -0.05) is 69.3 Å². The Labute approximate surface area is 132 Å². The summed E-state index contributed by atoms with van der Waals surface area (Å²) in [5, 5.41) is 9.49. The van der Waals surface area contributed by atoms with Crippen molar-refractivity contribution in [3.63, 3.8) is 0 Å². The van der Waals surface area contributed by atoms with Crippen LogP contribution in [0.3, 0.4) is 0 Å².